The maximum Gasteiger partial charge on any atom is 0.0979 e. The molecular weight excluding hydrogens is 1540 g/mol. The van der Waals surface area contributed by atoms with Gasteiger partial charge in [0.15, 0.2) is 0 Å². The second-order valence-corrected chi connectivity index (χ2v) is 37.2. The van der Waals surface area contributed by atoms with Gasteiger partial charge in [0, 0.05) is 98.4 Å². The average Bonchev–Trinajstić information content (AvgIpc) is 1.74. The van der Waals surface area contributed by atoms with Gasteiger partial charge in [0.2, 0.25) is 0 Å². The maximum atomic E-state index is 5.36. The molecular formula is C118H95N9. The molecule has 127 heavy (non-hydrogen) atoms. The minimum absolute atomic E-state index is 0.0396. The normalized spacial score (nSPS) is 12.2. The van der Waals surface area contributed by atoms with E-state index < -0.39 is 0 Å². The van der Waals surface area contributed by atoms with Gasteiger partial charge in [0.05, 0.1) is 102 Å². The molecule has 0 N–H and O–H groups in total. The fourth-order valence-corrected chi connectivity index (χ4v) is 19.5. The molecule has 9 nitrogen and oxygen atoms in total. The van der Waals surface area contributed by atoms with E-state index in [-0.39, 0.29) is 10.8 Å². The monoisotopic (exact) mass is 1640 g/mol. The molecule has 24 rings (SSSR count). The molecule has 6 aromatic heterocycles. The van der Waals surface area contributed by atoms with Crippen molar-refractivity contribution in [2.24, 2.45) is 0 Å². The van der Waals surface area contributed by atoms with Crippen LogP contribution in [0.15, 0.2) is 346 Å². The Morgan fingerprint density at radius 1 is 0.220 bits per heavy atom. The minimum Gasteiger partial charge on any atom is -0.309 e. The van der Waals surface area contributed by atoms with Gasteiger partial charge in [-0.1, -0.05) is 323 Å². The van der Waals surface area contributed by atoms with E-state index in [1.165, 1.54) is 131 Å². The van der Waals surface area contributed by atoms with Gasteiger partial charge in [-0.15, -0.1) is 0 Å². The Kier molecular flexibility index (Phi) is 18.7. The first-order valence-electron chi connectivity index (χ1n) is 44.4. The summed E-state index contributed by atoms with van der Waals surface area (Å²) in [5.41, 5.74) is 29.9. The van der Waals surface area contributed by atoms with E-state index in [1.54, 1.807) is 0 Å². The van der Waals surface area contributed by atoms with Crippen molar-refractivity contribution in [3.63, 3.8) is 0 Å². The van der Waals surface area contributed by atoms with Gasteiger partial charge in [-0.05, 0) is 176 Å². The number of hydrogen-bond acceptors (Lipinski definition) is 6. The molecule has 18 aromatic carbocycles. The van der Waals surface area contributed by atoms with Crippen LogP contribution in [0.1, 0.15) is 114 Å². The Balaban J connectivity index is 0.000000113. The lowest BCUT2D eigenvalue weighted by molar-refractivity contribution is 0.590. The average molecular weight is 1640 g/mol. The summed E-state index contributed by atoms with van der Waals surface area (Å²) < 4.78 is 7.05. The highest BCUT2D eigenvalue weighted by Crippen LogP contribution is 2.45. The largest absolute Gasteiger partial charge is 0.309 e. The zero-order valence-corrected chi connectivity index (χ0v) is 73.6. The van der Waals surface area contributed by atoms with Crippen molar-refractivity contribution in [1.82, 2.24) is 43.6 Å². The number of aryl methyl sites for hydroxylation is 2. The van der Waals surface area contributed by atoms with E-state index in [1.807, 2.05) is 18.6 Å². The molecule has 0 fully saturated rings. The quantitative estimate of drug-likeness (QED) is 0.141. The van der Waals surface area contributed by atoms with Crippen LogP contribution in [-0.4, -0.2) is 43.6 Å². The molecule has 0 amide bonds. The molecule has 24 aromatic rings. The van der Waals surface area contributed by atoms with Gasteiger partial charge < -0.3 is 13.7 Å². The zero-order chi connectivity index (χ0) is 86.4. The summed E-state index contributed by atoms with van der Waals surface area (Å²) in [6.45, 7) is 27.0. The van der Waals surface area contributed by atoms with Crippen LogP contribution in [0.25, 0.3) is 214 Å². The van der Waals surface area contributed by atoms with E-state index in [0.717, 1.165) is 116 Å². The van der Waals surface area contributed by atoms with Crippen LogP contribution in [0, 0.1) is 13.8 Å². The van der Waals surface area contributed by atoms with E-state index in [4.69, 9.17) is 29.9 Å². The van der Waals surface area contributed by atoms with E-state index in [9.17, 15) is 0 Å². The Hall–Kier alpha value is -15.1. The first-order valence-corrected chi connectivity index (χ1v) is 44.4. The van der Waals surface area contributed by atoms with Gasteiger partial charge in [-0.3, -0.25) is 15.0 Å². The van der Waals surface area contributed by atoms with Gasteiger partial charge in [0.1, 0.15) is 0 Å². The predicted molar refractivity (Wildman–Crippen MR) is 538 cm³/mol. The highest BCUT2D eigenvalue weighted by atomic mass is 15.0. The lowest BCUT2D eigenvalue weighted by atomic mass is 9.83. The van der Waals surface area contributed by atoms with Crippen molar-refractivity contribution in [3.8, 4) is 50.8 Å². The van der Waals surface area contributed by atoms with E-state index in [2.05, 4.69) is 424 Å². The van der Waals surface area contributed by atoms with Gasteiger partial charge >= 0.3 is 0 Å². The zero-order valence-electron chi connectivity index (χ0n) is 73.6. The Morgan fingerprint density at radius 3 is 0.756 bits per heavy atom. The molecule has 0 aliphatic carbocycles. The summed E-state index contributed by atoms with van der Waals surface area (Å²) in [7, 11) is 0. The summed E-state index contributed by atoms with van der Waals surface area (Å²) in [5, 5.41) is 21.9. The van der Waals surface area contributed by atoms with Crippen LogP contribution < -0.4 is 0 Å². The van der Waals surface area contributed by atoms with Crippen LogP contribution >= 0.6 is 0 Å². The molecule has 9 heteroatoms. The molecule has 0 aliphatic heterocycles. The first kappa shape index (κ1) is 78.0. The highest BCUT2D eigenvalue weighted by molar-refractivity contribution is 6.26. The molecule has 0 atom stereocenters. The second kappa shape index (κ2) is 30.4. The molecule has 0 saturated heterocycles. The van der Waals surface area contributed by atoms with Crippen molar-refractivity contribution < 1.29 is 0 Å². The lowest BCUT2D eigenvalue weighted by Crippen LogP contribution is -2.11. The van der Waals surface area contributed by atoms with Gasteiger partial charge in [-0.25, -0.2) is 15.0 Å². The van der Waals surface area contributed by atoms with Crippen LogP contribution in [0.3, 0.4) is 0 Å². The summed E-state index contributed by atoms with van der Waals surface area (Å²) in [6.07, 6.45) is 5.81. The number of nitrogens with zero attached hydrogens (tertiary/aromatic N) is 9. The number of para-hydroxylation sites is 6. The van der Waals surface area contributed by atoms with Gasteiger partial charge in [-0.2, -0.15) is 0 Å². The van der Waals surface area contributed by atoms with E-state index in [0.29, 0.717) is 11.8 Å². The standard InChI is InChI=1S/C42H37N3.C40H33N3.C36H25N3/c1-41(2,3)27-18-20-32-34(23-27)35-24-28(42(4,5)6)19-21-33(35)40-39(32)43-25-36(44-40)26-12-11-13-29(22-26)45-37-16-9-7-14-30(37)31-15-8-10-17-38(31)45;1-24(2)26-16-18-32-34(21-26)35-22-27(25(3)4)17-19-33(35)40-39(32)41-23-36(42-40)28-10-9-11-29(20-28)43-37-14-7-5-12-30(37)31-13-6-8-15-38(31)43;1-22-14-16-28-30(18-22)31-19-23(2)15-17-29(31)36-35(28)37-21-32(38-36)24-8-7-9-25(20-24)39-33-12-5-3-10-26(33)27-11-4-6-13-34(27)39/h7-25H,1-6H3;5-25H,1-4H3;3-21H,1-2H3. The third-order valence-corrected chi connectivity index (χ3v) is 26.2. The summed E-state index contributed by atoms with van der Waals surface area (Å²) in [4.78, 5) is 31.2. The molecule has 0 unspecified atom stereocenters. The van der Waals surface area contributed by atoms with Crippen LogP contribution in [0.2, 0.25) is 0 Å². The number of aromatic nitrogens is 9. The maximum absolute atomic E-state index is 5.36. The third kappa shape index (κ3) is 13.4. The topological polar surface area (TPSA) is 92.1 Å². The fraction of sp³-hybridized carbons (Fsp3) is 0.136. The van der Waals surface area contributed by atoms with E-state index >= 15 is 0 Å². The Morgan fingerprint density at radius 2 is 0.472 bits per heavy atom. The lowest BCUT2D eigenvalue weighted by Gasteiger charge is -2.22. The SMILES string of the molecule is CC(C)(C)c1ccc2c(c1)c1cc(C(C)(C)C)ccc1c1nc(-c3cccc(-n4c5ccccc5c5ccccc54)c3)cnc21.CC(C)c1ccc2c(c1)c1cc(C(C)C)ccc1c1nc(-c3cccc(-n4c5ccccc5c5ccccc54)c3)cnc21.Cc1ccc2c(c1)c1cc(C)ccc1c1nc(-c3cccc(-n4c5ccccc5c5ccccc54)c3)cnc21. The van der Waals surface area contributed by atoms with Gasteiger partial charge in [0.25, 0.3) is 0 Å². The van der Waals surface area contributed by atoms with Crippen LogP contribution in [0.5, 0.6) is 0 Å². The Bertz CT molecular complexity index is 8500. The van der Waals surface area contributed by atoms with Crippen molar-refractivity contribution in [2.45, 2.75) is 106 Å². The molecule has 0 bridgehead atoms. The first-order chi connectivity index (χ1) is 61.7. The van der Waals surface area contributed by atoms with Crippen molar-refractivity contribution in [3.05, 3.63) is 380 Å². The second-order valence-electron chi connectivity index (χ2n) is 37.2. The van der Waals surface area contributed by atoms with Crippen molar-refractivity contribution in [2.75, 3.05) is 0 Å². The molecule has 6 heterocycles. The Labute approximate surface area is 738 Å². The molecule has 0 saturated carbocycles. The van der Waals surface area contributed by atoms with Crippen LogP contribution in [0.4, 0.5) is 0 Å². The third-order valence-electron chi connectivity index (χ3n) is 26.2. The smallest absolute Gasteiger partial charge is 0.0979 e. The molecule has 0 aliphatic rings. The number of fused-ring (bicyclic) bond motifs is 27. The van der Waals surface area contributed by atoms with Crippen molar-refractivity contribution in [1.29, 1.82) is 0 Å². The number of hydrogen-bond donors (Lipinski definition) is 0. The summed E-state index contributed by atoms with van der Waals surface area (Å²) >= 11 is 0. The summed E-state index contributed by atoms with van der Waals surface area (Å²) in [5.74, 6) is 0.906. The molecule has 612 valence electrons. The van der Waals surface area contributed by atoms with Crippen molar-refractivity contribution >= 4 is 163 Å². The minimum atomic E-state index is 0.0396. The highest BCUT2D eigenvalue weighted by Gasteiger charge is 2.25. The predicted octanol–water partition coefficient (Wildman–Crippen LogP) is 31.6. The molecule has 0 spiro atoms. The fourth-order valence-electron chi connectivity index (χ4n) is 19.5. The summed E-state index contributed by atoms with van der Waals surface area (Å²) in [6, 6.07) is 118. The number of rotatable bonds is 8. The van der Waals surface area contributed by atoms with Crippen LogP contribution in [-0.2, 0) is 10.8 Å². The number of benzene rings is 18. The molecule has 0 radical (unpaired) electrons.